The molecule has 1 aliphatic rings. The summed E-state index contributed by atoms with van der Waals surface area (Å²) >= 11 is 0. The van der Waals surface area contributed by atoms with Crippen molar-refractivity contribution in [2.75, 3.05) is 7.05 Å². The zero-order chi connectivity index (χ0) is 9.84. The summed E-state index contributed by atoms with van der Waals surface area (Å²) in [5.74, 6) is 0. The normalized spacial score (nSPS) is 23.7. The highest BCUT2D eigenvalue weighted by Gasteiger charge is 2.12. The summed E-state index contributed by atoms with van der Waals surface area (Å²) < 4.78 is 0. The Balaban J connectivity index is 2.57. The molecule has 0 spiro atoms. The molecule has 0 amide bonds. The molecule has 1 heterocycles. The number of hydrogen-bond acceptors (Lipinski definition) is 2. The largest absolute Gasteiger partial charge is 0.364 e. The van der Waals surface area contributed by atoms with Crippen molar-refractivity contribution in [1.82, 2.24) is 10.2 Å². The Hall–Kier alpha value is -1.18. The number of rotatable bonds is 2. The first-order valence-electron chi connectivity index (χ1n) is 4.65. The summed E-state index contributed by atoms with van der Waals surface area (Å²) in [5.41, 5.74) is 2.46. The molecule has 13 heavy (non-hydrogen) atoms. The molecule has 1 rings (SSSR count). The molecule has 0 aromatic rings. The lowest BCUT2D eigenvalue weighted by Gasteiger charge is -2.14. The van der Waals surface area contributed by atoms with Crippen molar-refractivity contribution in [3.8, 4) is 0 Å². The van der Waals surface area contributed by atoms with Crippen LogP contribution >= 0.6 is 0 Å². The predicted molar refractivity (Wildman–Crippen MR) is 57.0 cm³/mol. The summed E-state index contributed by atoms with van der Waals surface area (Å²) in [4.78, 5) is 2.16. The Morgan fingerprint density at radius 1 is 1.62 bits per heavy atom. The van der Waals surface area contributed by atoms with Gasteiger partial charge in [-0.15, -0.1) is 0 Å². The highest BCUT2D eigenvalue weighted by Crippen LogP contribution is 2.09. The lowest BCUT2D eigenvalue weighted by Crippen LogP contribution is -2.29. The Labute approximate surface area is 80.6 Å². The molecule has 0 aliphatic carbocycles. The Morgan fingerprint density at radius 2 is 2.31 bits per heavy atom. The zero-order valence-electron chi connectivity index (χ0n) is 8.83. The van der Waals surface area contributed by atoms with Gasteiger partial charge in [0, 0.05) is 13.2 Å². The molecule has 1 unspecified atom stereocenters. The van der Waals surface area contributed by atoms with Crippen molar-refractivity contribution in [3.05, 3.63) is 35.7 Å². The van der Waals surface area contributed by atoms with E-state index in [-0.39, 0.29) is 0 Å². The van der Waals surface area contributed by atoms with Crippen molar-refractivity contribution in [3.63, 3.8) is 0 Å². The summed E-state index contributed by atoms with van der Waals surface area (Å²) in [5, 5.41) is 3.36. The second-order valence-electron chi connectivity index (χ2n) is 3.44. The fraction of sp³-hybridized carbons (Fsp3) is 0.455. The van der Waals surface area contributed by atoms with Crippen LogP contribution in [0.3, 0.4) is 0 Å². The summed E-state index contributed by atoms with van der Waals surface area (Å²) in [7, 11) is 2.07. The molecule has 72 valence electrons. The maximum atomic E-state index is 3.36. The van der Waals surface area contributed by atoms with E-state index >= 15 is 0 Å². The highest BCUT2D eigenvalue weighted by atomic mass is 15.3. The summed E-state index contributed by atoms with van der Waals surface area (Å²) in [6, 6.07) is 0. The van der Waals surface area contributed by atoms with Gasteiger partial charge >= 0.3 is 0 Å². The third-order valence-corrected chi connectivity index (χ3v) is 2.31. The average molecular weight is 178 g/mol. The van der Waals surface area contributed by atoms with Crippen LogP contribution < -0.4 is 5.32 Å². The third kappa shape index (κ3) is 2.65. The Bertz CT molecular complexity index is 261. The quantitative estimate of drug-likeness (QED) is 0.652. The summed E-state index contributed by atoms with van der Waals surface area (Å²) in [6.07, 6.45) is 8.84. The van der Waals surface area contributed by atoms with Crippen molar-refractivity contribution in [2.24, 2.45) is 0 Å². The van der Waals surface area contributed by atoms with Crippen molar-refractivity contribution < 1.29 is 0 Å². The van der Waals surface area contributed by atoms with Crippen LogP contribution in [0.4, 0.5) is 0 Å². The first-order chi connectivity index (χ1) is 6.13. The van der Waals surface area contributed by atoms with Crippen molar-refractivity contribution >= 4 is 0 Å². The van der Waals surface area contributed by atoms with Crippen LogP contribution in [0, 0.1) is 0 Å². The van der Waals surface area contributed by atoms with Gasteiger partial charge in [-0.05, 0) is 26.8 Å². The van der Waals surface area contributed by atoms with Crippen molar-refractivity contribution in [1.29, 1.82) is 0 Å². The third-order valence-electron chi connectivity index (χ3n) is 2.31. The first-order valence-corrected chi connectivity index (χ1v) is 4.65. The fourth-order valence-corrected chi connectivity index (χ4v) is 1.12. The SMILES string of the molecule is C/C=C(C)/C=C\C1=CN(C)C(C)N1. The maximum absolute atomic E-state index is 3.36. The van der Waals surface area contributed by atoms with Gasteiger partial charge in [-0.1, -0.05) is 17.7 Å². The van der Waals surface area contributed by atoms with Crippen LogP contribution in [0.5, 0.6) is 0 Å². The fourth-order valence-electron chi connectivity index (χ4n) is 1.12. The lowest BCUT2D eigenvalue weighted by molar-refractivity contribution is 0.355. The van der Waals surface area contributed by atoms with E-state index in [4.69, 9.17) is 0 Å². The van der Waals surface area contributed by atoms with Crippen LogP contribution in [-0.2, 0) is 0 Å². The number of nitrogens with zero attached hydrogens (tertiary/aromatic N) is 1. The minimum absolute atomic E-state index is 0.408. The zero-order valence-corrected chi connectivity index (χ0v) is 8.83. The molecule has 0 aromatic heterocycles. The van der Waals surface area contributed by atoms with E-state index < -0.39 is 0 Å². The van der Waals surface area contributed by atoms with Crippen LogP contribution in [0.2, 0.25) is 0 Å². The smallest absolute Gasteiger partial charge is 0.0954 e. The minimum Gasteiger partial charge on any atom is -0.364 e. The molecule has 0 saturated carbocycles. The molecule has 0 radical (unpaired) electrons. The number of allylic oxidation sites excluding steroid dienone is 4. The number of hydrogen-bond donors (Lipinski definition) is 1. The molecular formula is C11H18N2. The number of nitrogens with one attached hydrogen (secondary N) is 1. The van der Waals surface area contributed by atoms with Gasteiger partial charge in [-0.3, -0.25) is 0 Å². The van der Waals surface area contributed by atoms with E-state index in [0.717, 1.165) is 0 Å². The van der Waals surface area contributed by atoms with E-state index in [9.17, 15) is 0 Å². The lowest BCUT2D eigenvalue weighted by atomic mass is 10.2. The molecular weight excluding hydrogens is 160 g/mol. The first kappa shape index (κ1) is 9.90. The van der Waals surface area contributed by atoms with Gasteiger partial charge < -0.3 is 10.2 Å². The van der Waals surface area contributed by atoms with Gasteiger partial charge in [0.2, 0.25) is 0 Å². The van der Waals surface area contributed by atoms with Crippen LogP contribution in [0.1, 0.15) is 20.8 Å². The second-order valence-corrected chi connectivity index (χ2v) is 3.44. The van der Waals surface area contributed by atoms with E-state index in [0.29, 0.717) is 6.17 Å². The molecule has 2 heteroatoms. The van der Waals surface area contributed by atoms with Gasteiger partial charge in [0.25, 0.3) is 0 Å². The Morgan fingerprint density at radius 3 is 2.77 bits per heavy atom. The van der Waals surface area contributed by atoms with Gasteiger partial charge in [-0.2, -0.15) is 0 Å². The van der Waals surface area contributed by atoms with Crippen LogP contribution in [0.25, 0.3) is 0 Å². The molecule has 1 aliphatic heterocycles. The molecule has 0 saturated heterocycles. The molecule has 1 atom stereocenters. The van der Waals surface area contributed by atoms with E-state index in [2.05, 4.69) is 55.5 Å². The van der Waals surface area contributed by atoms with Gasteiger partial charge in [0.05, 0.1) is 11.9 Å². The van der Waals surface area contributed by atoms with Gasteiger partial charge in [-0.25, -0.2) is 0 Å². The van der Waals surface area contributed by atoms with Crippen LogP contribution in [0.15, 0.2) is 35.7 Å². The van der Waals surface area contributed by atoms with E-state index in [1.165, 1.54) is 11.3 Å². The summed E-state index contributed by atoms with van der Waals surface area (Å²) in [6.45, 7) is 6.28. The molecule has 0 bridgehead atoms. The molecule has 0 aromatic carbocycles. The minimum atomic E-state index is 0.408. The Kier molecular flexibility index (Phi) is 3.18. The van der Waals surface area contributed by atoms with E-state index in [1.807, 2.05) is 6.92 Å². The van der Waals surface area contributed by atoms with Gasteiger partial charge in [0.15, 0.2) is 0 Å². The highest BCUT2D eigenvalue weighted by molar-refractivity contribution is 5.27. The molecule has 0 fully saturated rings. The second kappa shape index (κ2) is 4.17. The standard InChI is InChI=1S/C11H18N2/c1-5-9(2)6-7-11-8-13(4)10(3)12-11/h5-8,10,12H,1-4H3/b7-6-,9-5+. The molecule has 1 N–H and O–H groups in total. The van der Waals surface area contributed by atoms with Gasteiger partial charge in [0.1, 0.15) is 0 Å². The monoisotopic (exact) mass is 178 g/mol. The molecule has 2 nitrogen and oxygen atoms in total. The maximum Gasteiger partial charge on any atom is 0.0954 e. The van der Waals surface area contributed by atoms with Crippen LogP contribution in [-0.4, -0.2) is 18.1 Å². The van der Waals surface area contributed by atoms with E-state index in [1.54, 1.807) is 0 Å². The topological polar surface area (TPSA) is 15.3 Å². The average Bonchev–Trinajstić information content (AvgIpc) is 2.42. The predicted octanol–water partition coefficient (Wildman–Crippen LogP) is 2.23. The van der Waals surface area contributed by atoms with Crippen molar-refractivity contribution in [2.45, 2.75) is 26.9 Å².